The minimum absolute atomic E-state index is 0.178. The van der Waals surface area contributed by atoms with Gasteiger partial charge in [-0.2, -0.15) is 0 Å². The molecule has 0 saturated carbocycles. The first-order valence-corrected chi connectivity index (χ1v) is 3.95. The zero-order chi connectivity index (χ0) is 6.85. The van der Waals surface area contributed by atoms with Crippen molar-refractivity contribution >= 4 is 38.0 Å². The van der Waals surface area contributed by atoms with Crippen LogP contribution in [0.25, 0.3) is 0 Å². The van der Waals surface area contributed by atoms with E-state index in [9.17, 15) is 4.39 Å². The van der Waals surface area contributed by atoms with Crippen molar-refractivity contribution in [2.75, 3.05) is 0 Å². The Hall–Kier alpha value is 0.0969. The molecule has 0 unspecified atom stereocenters. The molecule has 0 spiro atoms. The second-order valence-corrected chi connectivity index (χ2v) is 3.22. The third-order valence-corrected chi connectivity index (χ3v) is 2.97. The van der Waals surface area contributed by atoms with E-state index in [1.54, 1.807) is 6.07 Å². The van der Waals surface area contributed by atoms with Crippen LogP contribution in [0.4, 0.5) is 4.39 Å². The monoisotopic (exact) mass is 249 g/mol. The van der Waals surface area contributed by atoms with Crippen molar-refractivity contribution in [1.29, 1.82) is 0 Å². The Bertz CT molecular complexity index is 204. The molecule has 0 nitrogen and oxygen atoms in total. The van der Waals surface area contributed by atoms with E-state index in [1.165, 1.54) is 6.07 Å². The van der Waals surface area contributed by atoms with Gasteiger partial charge in [0.1, 0.15) is 5.82 Å². The number of rotatable bonds is 0. The predicted octanol–water partition coefficient (Wildman–Crippen LogP) is 1.22. The van der Waals surface area contributed by atoms with Crippen LogP contribution in [0, 0.1) is 9.39 Å². The fourth-order valence-electron chi connectivity index (χ4n) is 0.504. The summed E-state index contributed by atoms with van der Waals surface area (Å²) in [5.74, 6) is -0.178. The van der Waals surface area contributed by atoms with Crippen LogP contribution >= 0.6 is 22.6 Å². The van der Waals surface area contributed by atoms with Gasteiger partial charge in [-0.1, -0.05) is 17.3 Å². The maximum Gasteiger partial charge on any atom is 0.136 e. The summed E-state index contributed by atoms with van der Waals surface area (Å²) in [6, 6.07) is 4.91. The Labute approximate surface area is 70.0 Å². The van der Waals surface area contributed by atoms with E-state index in [4.69, 9.17) is 0 Å². The van der Waals surface area contributed by atoms with Crippen molar-refractivity contribution in [3.63, 3.8) is 0 Å². The van der Waals surface area contributed by atoms with Gasteiger partial charge in [0, 0.05) is 3.57 Å². The molecule has 0 aliphatic rings. The van der Waals surface area contributed by atoms with Gasteiger partial charge in [0.25, 0.3) is 0 Å². The first-order chi connectivity index (χ1) is 4.22. The molecular formula is C6H3FISi. The minimum Gasteiger partial charge on any atom is -0.206 e. The van der Waals surface area contributed by atoms with Crippen LogP contribution in [0.5, 0.6) is 0 Å². The third-order valence-electron chi connectivity index (χ3n) is 0.952. The van der Waals surface area contributed by atoms with Crippen molar-refractivity contribution in [2.24, 2.45) is 0 Å². The number of hydrogen-bond donors (Lipinski definition) is 0. The summed E-state index contributed by atoms with van der Waals surface area (Å²) < 4.78 is 13.2. The summed E-state index contributed by atoms with van der Waals surface area (Å²) in [5, 5.41) is 0.801. The Balaban J connectivity index is 3.25. The van der Waals surface area contributed by atoms with Gasteiger partial charge in [-0.15, -0.1) is 0 Å². The van der Waals surface area contributed by atoms with Crippen LogP contribution in [-0.2, 0) is 0 Å². The molecule has 0 atom stereocenters. The lowest BCUT2D eigenvalue weighted by Crippen LogP contribution is -2.07. The highest BCUT2D eigenvalue weighted by atomic mass is 127. The smallest absolute Gasteiger partial charge is 0.136 e. The van der Waals surface area contributed by atoms with Gasteiger partial charge < -0.3 is 0 Å². The van der Waals surface area contributed by atoms with Gasteiger partial charge in [0.05, 0.1) is 10.2 Å². The number of hydrogen-bond acceptors (Lipinski definition) is 0. The lowest BCUT2D eigenvalue weighted by Gasteiger charge is -1.95. The first-order valence-electron chi connectivity index (χ1n) is 2.37. The maximum absolute atomic E-state index is 12.5. The highest BCUT2D eigenvalue weighted by Crippen LogP contribution is 2.05. The molecule has 1 rings (SSSR count). The van der Waals surface area contributed by atoms with Crippen molar-refractivity contribution in [1.82, 2.24) is 0 Å². The lowest BCUT2D eigenvalue weighted by atomic mass is 10.3. The number of halogens is 2. The van der Waals surface area contributed by atoms with E-state index >= 15 is 0 Å². The Morgan fingerprint density at radius 3 is 2.56 bits per heavy atom. The molecule has 1 aromatic rings. The highest BCUT2D eigenvalue weighted by molar-refractivity contribution is 14.1. The minimum atomic E-state index is -0.178. The second kappa shape index (κ2) is 2.79. The zero-order valence-electron chi connectivity index (χ0n) is 4.49. The molecule has 0 aromatic heterocycles. The summed E-state index contributed by atoms with van der Waals surface area (Å²) in [7, 11) is 3.25. The topological polar surface area (TPSA) is 0 Å². The van der Waals surface area contributed by atoms with Gasteiger partial charge in [-0.25, -0.2) is 4.39 Å². The molecule has 0 fully saturated rings. The van der Waals surface area contributed by atoms with Gasteiger partial charge >= 0.3 is 0 Å². The van der Waals surface area contributed by atoms with Crippen molar-refractivity contribution in [2.45, 2.75) is 0 Å². The molecule has 9 heavy (non-hydrogen) atoms. The van der Waals surface area contributed by atoms with E-state index in [0.29, 0.717) is 3.57 Å². The quantitative estimate of drug-likeness (QED) is 0.479. The van der Waals surface area contributed by atoms with E-state index in [2.05, 4.69) is 10.2 Å². The van der Waals surface area contributed by atoms with Crippen LogP contribution in [0.2, 0.25) is 0 Å². The van der Waals surface area contributed by atoms with Crippen molar-refractivity contribution < 1.29 is 4.39 Å². The van der Waals surface area contributed by atoms with Gasteiger partial charge in [-0.05, 0) is 28.7 Å². The molecule has 0 N–H and O–H groups in total. The fourth-order valence-corrected chi connectivity index (χ4v) is 1.08. The van der Waals surface area contributed by atoms with E-state index in [0.717, 1.165) is 5.19 Å². The lowest BCUT2D eigenvalue weighted by molar-refractivity contribution is 0.622. The van der Waals surface area contributed by atoms with Gasteiger partial charge in [0.2, 0.25) is 0 Å². The van der Waals surface area contributed by atoms with Crippen molar-refractivity contribution in [3.8, 4) is 0 Å². The van der Waals surface area contributed by atoms with Gasteiger partial charge in [0.15, 0.2) is 0 Å². The second-order valence-electron chi connectivity index (χ2n) is 1.60. The SMILES string of the molecule is Fc1cccc([Si])c1I. The molecule has 0 amide bonds. The average molecular weight is 249 g/mol. The summed E-state index contributed by atoms with van der Waals surface area (Å²) in [5.41, 5.74) is 0. The van der Waals surface area contributed by atoms with E-state index < -0.39 is 0 Å². The fraction of sp³-hybridized carbons (Fsp3) is 0. The normalized spacial score (nSPS) is 9.67. The van der Waals surface area contributed by atoms with Gasteiger partial charge in [-0.3, -0.25) is 0 Å². The third kappa shape index (κ3) is 1.51. The molecule has 0 aliphatic carbocycles. The Morgan fingerprint density at radius 2 is 2.11 bits per heavy atom. The molecule has 0 saturated heterocycles. The Morgan fingerprint density at radius 1 is 1.44 bits per heavy atom. The summed E-state index contributed by atoms with van der Waals surface area (Å²) in [4.78, 5) is 0. The molecule has 1 aromatic carbocycles. The summed E-state index contributed by atoms with van der Waals surface area (Å²) in [6.45, 7) is 0. The standard InChI is InChI=1S/C6H3FISi/c7-4-2-1-3-5(9)6(4)8/h1-3H. The molecular weight excluding hydrogens is 246 g/mol. The van der Waals surface area contributed by atoms with Crippen LogP contribution in [0.3, 0.4) is 0 Å². The van der Waals surface area contributed by atoms with Crippen LogP contribution in [0.1, 0.15) is 0 Å². The van der Waals surface area contributed by atoms with Crippen LogP contribution in [0.15, 0.2) is 18.2 Å². The van der Waals surface area contributed by atoms with Crippen LogP contribution in [-0.4, -0.2) is 10.2 Å². The van der Waals surface area contributed by atoms with Crippen LogP contribution < -0.4 is 5.19 Å². The molecule has 0 aliphatic heterocycles. The highest BCUT2D eigenvalue weighted by Gasteiger charge is 1.97. The molecule has 45 valence electrons. The first kappa shape index (κ1) is 7.21. The zero-order valence-corrected chi connectivity index (χ0v) is 7.65. The van der Waals surface area contributed by atoms with Crippen molar-refractivity contribution in [3.05, 3.63) is 27.6 Å². The Kier molecular flexibility index (Phi) is 2.23. The average Bonchev–Trinajstić information content (AvgIpc) is 1.83. The molecule has 3 heteroatoms. The summed E-state index contributed by atoms with van der Waals surface area (Å²) >= 11 is 1.95. The predicted molar refractivity (Wildman–Crippen MR) is 44.5 cm³/mol. The molecule has 0 heterocycles. The molecule has 3 radical (unpaired) electrons. The summed E-state index contributed by atoms with van der Waals surface area (Å²) in [6.07, 6.45) is 0. The van der Waals surface area contributed by atoms with E-state index in [-0.39, 0.29) is 5.82 Å². The molecule has 0 bridgehead atoms. The largest absolute Gasteiger partial charge is 0.206 e. The van der Waals surface area contributed by atoms with E-state index in [1.807, 2.05) is 28.7 Å². The number of benzene rings is 1. The maximum atomic E-state index is 12.5.